The van der Waals surface area contributed by atoms with Crippen molar-refractivity contribution in [3.8, 4) is 0 Å². The highest BCUT2D eigenvalue weighted by Gasteiger charge is 2.22. The molecule has 8 nitrogen and oxygen atoms in total. The van der Waals surface area contributed by atoms with E-state index in [0.717, 1.165) is 22.8 Å². The maximum atomic E-state index is 11.2. The van der Waals surface area contributed by atoms with Gasteiger partial charge < -0.3 is 0 Å². The number of nitrogens with zero attached hydrogens (tertiary/aromatic N) is 4. The first-order valence-corrected chi connectivity index (χ1v) is 7.13. The van der Waals surface area contributed by atoms with Crippen molar-refractivity contribution in [3.63, 3.8) is 0 Å². The minimum Gasteiger partial charge on any atom is -0.258 e. The molecule has 0 heterocycles. The first kappa shape index (κ1) is 17.2. The van der Waals surface area contributed by atoms with Crippen LogP contribution in [0.5, 0.6) is 0 Å². The second kappa shape index (κ2) is 6.53. The average molecular weight is 328 g/mol. The van der Waals surface area contributed by atoms with Crippen molar-refractivity contribution in [2.45, 2.75) is 27.7 Å². The Labute approximate surface area is 138 Å². The molecule has 0 radical (unpaired) electrons. The molecule has 0 spiro atoms. The van der Waals surface area contributed by atoms with Crippen molar-refractivity contribution in [1.29, 1.82) is 0 Å². The largest absolute Gasteiger partial charge is 0.303 e. The summed E-state index contributed by atoms with van der Waals surface area (Å²) < 4.78 is 0. The zero-order valence-electron chi connectivity index (χ0n) is 13.7. The molecule has 0 saturated carbocycles. The fraction of sp³-hybridized carbons (Fsp3) is 0.250. The van der Waals surface area contributed by atoms with Gasteiger partial charge in [-0.1, -0.05) is 6.07 Å². The lowest BCUT2D eigenvalue weighted by Crippen LogP contribution is -1.94. The summed E-state index contributed by atoms with van der Waals surface area (Å²) in [6.45, 7) is 7.32. The van der Waals surface area contributed by atoms with Gasteiger partial charge in [-0.25, -0.2) is 0 Å². The molecule has 24 heavy (non-hydrogen) atoms. The smallest absolute Gasteiger partial charge is 0.258 e. The van der Waals surface area contributed by atoms with Gasteiger partial charge in [0.2, 0.25) is 0 Å². The standard InChI is InChI=1S/C16H16N4O4/c1-9-5-11(3)14(7-10(9)2)17-18-16-12(4)6-13(19(21)22)8-15(16)20(23)24/h5-8H,1-4H3. The lowest BCUT2D eigenvalue weighted by atomic mass is 10.1. The number of nitro groups is 2. The summed E-state index contributed by atoms with van der Waals surface area (Å²) in [6, 6.07) is 5.95. The molecule has 8 heteroatoms. The highest BCUT2D eigenvalue weighted by atomic mass is 16.6. The van der Waals surface area contributed by atoms with Crippen LogP contribution in [0, 0.1) is 47.9 Å². The molecule has 0 bridgehead atoms. The number of rotatable bonds is 4. The molecule has 0 aliphatic heterocycles. The van der Waals surface area contributed by atoms with Crippen molar-refractivity contribution in [1.82, 2.24) is 0 Å². The lowest BCUT2D eigenvalue weighted by Gasteiger charge is -2.05. The van der Waals surface area contributed by atoms with Crippen LogP contribution in [0.2, 0.25) is 0 Å². The Bertz CT molecular complexity index is 875. The van der Waals surface area contributed by atoms with Crippen molar-refractivity contribution >= 4 is 22.7 Å². The third kappa shape index (κ3) is 3.43. The van der Waals surface area contributed by atoms with E-state index in [1.165, 1.54) is 13.0 Å². The van der Waals surface area contributed by atoms with Crippen LogP contribution < -0.4 is 0 Å². The van der Waals surface area contributed by atoms with Crippen LogP contribution >= 0.6 is 0 Å². The molecule has 2 aromatic rings. The van der Waals surface area contributed by atoms with E-state index in [-0.39, 0.29) is 11.4 Å². The fourth-order valence-electron chi connectivity index (χ4n) is 2.27. The Balaban J connectivity index is 2.55. The first-order valence-electron chi connectivity index (χ1n) is 7.13. The van der Waals surface area contributed by atoms with Crippen molar-refractivity contribution in [2.75, 3.05) is 0 Å². The summed E-state index contributed by atoms with van der Waals surface area (Å²) in [5, 5.41) is 30.2. The predicted octanol–water partition coefficient (Wildman–Crippen LogP) is 5.15. The van der Waals surface area contributed by atoms with Crippen LogP contribution in [0.4, 0.5) is 22.7 Å². The summed E-state index contributed by atoms with van der Waals surface area (Å²) in [5.41, 5.74) is 3.19. The van der Waals surface area contributed by atoms with Crippen LogP contribution in [0.3, 0.4) is 0 Å². The third-order valence-electron chi connectivity index (χ3n) is 3.74. The molecule has 0 N–H and O–H groups in total. The summed E-state index contributed by atoms with van der Waals surface area (Å²) in [6.07, 6.45) is 0. The van der Waals surface area contributed by atoms with Crippen molar-refractivity contribution < 1.29 is 9.85 Å². The van der Waals surface area contributed by atoms with Crippen molar-refractivity contribution in [2.24, 2.45) is 10.2 Å². The summed E-state index contributed by atoms with van der Waals surface area (Å²) in [5.74, 6) is 0. The maximum absolute atomic E-state index is 11.2. The van der Waals surface area contributed by atoms with Gasteiger partial charge in [-0.15, -0.1) is 5.11 Å². The van der Waals surface area contributed by atoms with E-state index in [1.54, 1.807) is 0 Å². The highest BCUT2D eigenvalue weighted by molar-refractivity contribution is 5.66. The number of azo groups is 1. The number of hydrogen-bond donors (Lipinski definition) is 0. The number of non-ortho nitro benzene ring substituents is 1. The molecule has 2 rings (SSSR count). The van der Waals surface area contributed by atoms with Gasteiger partial charge in [-0.2, -0.15) is 5.11 Å². The monoisotopic (exact) mass is 328 g/mol. The quantitative estimate of drug-likeness (QED) is 0.438. The van der Waals surface area contributed by atoms with Gasteiger partial charge in [-0.3, -0.25) is 20.2 Å². The van der Waals surface area contributed by atoms with E-state index >= 15 is 0 Å². The van der Waals surface area contributed by atoms with Gasteiger partial charge in [0, 0.05) is 6.07 Å². The fourth-order valence-corrected chi connectivity index (χ4v) is 2.27. The molecular weight excluding hydrogens is 312 g/mol. The summed E-state index contributed by atoms with van der Waals surface area (Å²) >= 11 is 0. The van der Waals surface area contributed by atoms with Gasteiger partial charge >= 0.3 is 5.69 Å². The zero-order valence-corrected chi connectivity index (χ0v) is 13.7. The van der Waals surface area contributed by atoms with E-state index < -0.39 is 15.5 Å². The minimum atomic E-state index is -0.693. The second-order valence-electron chi connectivity index (χ2n) is 5.57. The third-order valence-corrected chi connectivity index (χ3v) is 3.74. The Hall–Kier alpha value is -3.16. The second-order valence-corrected chi connectivity index (χ2v) is 5.57. The lowest BCUT2D eigenvalue weighted by molar-refractivity contribution is -0.393. The van der Waals surface area contributed by atoms with E-state index in [9.17, 15) is 20.2 Å². The number of aryl methyl sites for hydroxylation is 4. The molecule has 0 amide bonds. The highest BCUT2D eigenvalue weighted by Crippen LogP contribution is 2.36. The summed E-state index contributed by atoms with van der Waals surface area (Å²) in [7, 11) is 0. The van der Waals surface area contributed by atoms with Gasteiger partial charge in [0.1, 0.15) is 0 Å². The maximum Gasteiger partial charge on any atom is 0.303 e. The Morgan fingerprint density at radius 2 is 1.38 bits per heavy atom. The molecule has 124 valence electrons. The van der Waals surface area contributed by atoms with Crippen molar-refractivity contribution in [3.05, 3.63) is 66.7 Å². The van der Waals surface area contributed by atoms with Crippen LogP contribution in [0.15, 0.2) is 34.5 Å². The van der Waals surface area contributed by atoms with Crippen LogP contribution in [0.1, 0.15) is 22.3 Å². The van der Waals surface area contributed by atoms with E-state index in [2.05, 4.69) is 10.2 Å². The van der Waals surface area contributed by atoms with Crippen LogP contribution in [-0.4, -0.2) is 9.85 Å². The first-order chi connectivity index (χ1) is 11.2. The summed E-state index contributed by atoms with van der Waals surface area (Å²) in [4.78, 5) is 20.7. The molecule has 0 atom stereocenters. The predicted molar refractivity (Wildman–Crippen MR) is 89.3 cm³/mol. The SMILES string of the molecule is Cc1cc(C)c(N=Nc2c(C)cc([N+](=O)[O-])cc2[N+](=O)[O-])cc1C. The Morgan fingerprint density at radius 1 is 0.750 bits per heavy atom. The van der Waals surface area contributed by atoms with E-state index in [4.69, 9.17) is 0 Å². The molecule has 0 unspecified atom stereocenters. The normalized spacial score (nSPS) is 11.0. The van der Waals surface area contributed by atoms with Gasteiger partial charge in [-0.05, 0) is 56.0 Å². The number of hydrogen-bond acceptors (Lipinski definition) is 6. The van der Waals surface area contributed by atoms with E-state index in [1.807, 2.05) is 32.9 Å². The van der Waals surface area contributed by atoms with Crippen LogP contribution in [-0.2, 0) is 0 Å². The van der Waals surface area contributed by atoms with Gasteiger partial charge in [0.05, 0.1) is 21.6 Å². The Morgan fingerprint density at radius 3 is 1.96 bits per heavy atom. The van der Waals surface area contributed by atoms with E-state index in [0.29, 0.717) is 11.3 Å². The Kier molecular flexibility index (Phi) is 4.68. The zero-order chi connectivity index (χ0) is 18.0. The molecular formula is C16H16N4O4. The molecule has 0 fully saturated rings. The molecule has 0 aliphatic carbocycles. The molecule has 0 aliphatic rings. The topological polar surface area (TPSA) is 111 Å². The molecule has 2 aromatic carbocycles. The van der Waals surface area contributed by atoms with Crippen LogP contribution in [0.25, 0.3) is 0 Å². The molecule has 0 aromatic heterocycles. The van der Waals surface area contributed by atoms with Gasteiger partial charge in [0.15, 0.2) is 5.69 Å². The number of nitro benzene ring substituents is 2. The van der Waals surface area contributed by atoms with Gasteiger partial charge in [0.25, 0.3) is 5.69 Å². The average Bonchev–Trinajstić information content (AvgIpc) is 2.49. The molecule has 0 saturated heterocycles. The minimum absolute atomic E-state index is 0.0169. The number of benzene rings is 2.